The van der Waals surface area contributed by atoms with E-state index in [-0.39, 0.29) is 11.5 Å². The van der Waals surface area contributed by atoms with Crippen molar-refractivity contribution in [1.29, 1.82) is 0 Å². The second-order valence-corrected chi connectivity index (χ2v) is 8.32. The highest BCUT2D eigenvalue weighted by Crippen LogP contribution is 2.35. The van der Waals surface area contributed by atoms with Gasteiger partial charge in [0.1, 0.15) is 4.83 Å². The van der Waals surface area contributed by atoms with E-state index in [2.05, 4.69) is 10.3 Å². The third kappa shape index (κ3) is 3.67. The largest absolute Gasteiger partial charge is 0.353 e. The molecule has 0 bridgehead atoms. The summed E-state index contributed by atoms with van der Waals surface area (Å²) in [6, 6.07) is 10.2. The van der Waals surface area contributed by atoms with Crippen molar-refractivity contribution in [2.45, 2.75) is 51.6 Å². The Kier molecular flexibility index (Phi) is 5.07. The number of carbonyl (C=O) groups is 1. The minimum atomic E-state index is -0.0723. The van der Waals surface area contributed by atoms with Crippen molar-refractivity contribution < 1.29 is 4.79 Å². The van der Waals surface area contributed by atoms with Crippen LogP contribution < -0.4 is 10.9 Å². The number of amides is 1. The molecule has 0 saturated heterocycles. The molecule has 0 radical (unpaired) electrons. The van der Waals surface area contributed by atoms with Crippen LogP contribution in [0.3, 0.4) is 0 Å². The quantitative estimate of drug-likeness (QED) is 0.729. The van der Waals surface area contributed by atoms with Crippen molar-refractivity contribution in [3.63, 3.8) is 0 Å². The molecule has 1 fully saturated rings. The Morgan fingerprint density at radius 2 is 2.00 bits per heavy atom. The number of hydrogen-bond acceptors (Lipinski definition) is 4. The second kappa shape index (κ2) is 7.64. The summed E-state index contributed by atoms with van der Waals surface area (Å²) in [5.41, 5.74) is 1.91. The van der Waals surface area contributed by atoms with Gasteiger partial charge in [0.15, 0.2) is 0 Å². The average molecular weight is 382 g/mol. The average Bonchev–Trinajstić information content (AvgIpc) is 3.29. The number of carbonyl (C=O) groups excluding carboxylic acids is 1. The van der Waals surface area contributed by atoms with E-state index in [9.17, 15) is 9.59 Å². The summed E-state index contributed by atoms with van der Waals surface area (Å²) in [6.45, 7) is 2.37. The van der Waals surface area contributed by atoms with Crippen molar-refractivity contribution >= 4 is 27.5 Å². The summed E-state index contributed by atoms with van der Waals surface area (Å²) >= 11 is 1.54. The maximum Gasteiger partial charge on any atom is 0.262 e. The smallest absolute Gasteiger partial charge is 0.262 e. The molecule has 0 atom stereocenters. The Labute approximate surface area is 162 Å². The van der Waals surface area contributed by atoms with E-state index < -0.39 is 0 Å². The number of hydrogen-bond donors (Lipinski definition) is 1. The van der Waals surface area contributed by atoms with Crippen LogP contribution in [-0.2, 0) is 11.3 Å². The highest BCUT2D eigenvalue weighted by molar-refractivity contribution is 7.19. The van der Waals surface area contributed by atoms with E-state index in [1.165, 1.54) is 24.2 Å². The molecule has 1 aromatic carbocycles. The molecule has 2 heterocycles. The minimum absolute atomic E-state index is 0.0127. The molecule has 140 valence electrons. The van der Waals surface area contributed by atoms with Gasteiger partial charge in [0, 0.05) is 29.4 Å². The van der Waals surface area contributed by atoms with E-state index in [0.717, 1.165) is 33.7 Å². The van der Waals surface area contributed by atoms with E-state index in [0.29, 0.717) is 24.4 Å². The first-order chi connectivity index (χ1) is 13.1. The maximum absolute atomic E-state index is 13.1. The van der Waals surface area contributed by atoms with Gasteiger partial charge in [-0.2, -0.15) is 0 Å². The predicted octanol–water partition coefficient (Wildman–Crippen LogP) is 3.88. The van der Waals surface area contributed by atoms with Crippen LogP contribution in [0.5, 0.6) is 0 Å². The van der Waals surface area contributed by atoms with E-state index in [4.69, 9.17) is 0 Å². The van der Waals surface area contributed by atoms with Crippen LogP contribution >= 0.6 is 11.3 Å². The summed E-state index contributed by atoms with van der Waals surface area (Å²) in [5.74, 6) is 0.0127. The van der Waals surface area contributed by atoms with E-state index >= 15 is 0 Å². The van der Waals surface area contributed by atoms with Gasteiger partial charge in [-0.05, 0) is 25.3 Å². The topological polar surface area (TPSA) is 64.0 Å². The molecule has 1 amide bonds. The third-order valence-corrected chi connectivity index (χ3v) is 6.23. The molecular formula is C21H23N3O2S. The Balaban J connectivity index is 1.60. The summed E-state index contributed by atoms with van der Waals surface area (Å²) in [5, 5.41) is 3.73. The zero-order chi connectivity index (χ0) is 18.8. The number of rotatable bonds is 5. The van der Waals surface area contributed by atoms with Crippen molar-refractivity contribution in [3.05, 3.63) is 51.9 Å². The second-order valence-electron chi connectivity index (χ2n) is 7.12. The highest BCUT2D eigenvalue weighted by Gasteiger charge is 2.19. The molecule has 2 aromatic heterocycles. The Bertz CT molecular complexity index is 1020. The molecule has 1 N–H and O–H groups in total. The number of aromatic nitrogens is 2. The lowest BCUT2D eigenvalue weighted by Gasteiger charge is -2.12. The van der Waals surface area contributed by atoms with E-state index in [1.807, 2.05) is 37.3 Å². The van der Waals surface area contributed by atoms with Gasteiger partial charge in [-0.15, -0.1) is 11.3 Å². The fraction of sp³-hybridized carbons (Fsp3) is 0.381. The van der Waals surface area contributed by atoms with Crippen LogP contribution in [0.25, 0.3) is 21.3 Å². The monoisotopic (exact) mass is 381 g/mol. The minimum Gasteiger partial charge on any atom is -0.353 e. The molecule has 3 aromatic rings. The van der Waals surface area contributed by atoms with Crippen molar-refractivity contribution in [3.8, 4) is 11.1 Å². The number of benzene rings is 1. The summed E-state index contributed by atoms with van der Waals surface area (Å²) < 4.78 is 1.56. The van der Waals surface area contributed by atoms with Gasteiger partial charge in [0.25, 0.3) is 5.56 Å². The third-order valence-electron chi connectivity index (χ3n) is 5.22. The van der Waals surface area contributed by atoms with Gasteiger partial charge >= 0.3 is 0 Å². The Morgan fingerprint density at radius 3 is 2.74 bits per heavy atom. The fourth-order valence-corrected chi connectivity index (χ4v) is 4.84. The van der Waals surface area contributed by atoms with Gasteiger partial charge in [0.2, 0.25) is 5.91 Å². The van der Waals surface area contributed by atoms with Gasteiger partial charge < -0.3 is 5.32 Å². The highest BCUT2D eigenvalue weighted by atomic mass is 32.1. The molecule has 5 nitrogen and oxygen atoms in total. The first-order valence-corrected chi connectivity index (χ1v) is 10.3. The number of nitrogens with one attached hydrogen (secondary N) is 1. The molecule has 4 rings (SSSR count). The zero-order valence-electron chi connectivity index (χ0n) is 15.4. The molecule has 27 heavy (non-hydrogen) atoms. The van der Waals surface area contributed by atoms with Gasteiger partial charge in [-0.1, -0.05) is 43.2 Å². The molecule has 1 saturated carbocycles. The number of thiophene rings is 1. The lowest BCUT2D eigenvalue weighted by atomic mass is 10.0. The zero-order valence-corrected chi connectivity index (χ0v) is 16.2. The van der Waals surface area contributed by atoms with Crippen LogP contribution in [0.15, 0.2) is 41.5 Å². The lowest BCUT2D eigenvalue weighted by Crippen LogP contribution is -2.34. The molecule has 0 aliphatic heterocycles. The number of aryl methyl sites for hydroxylation is 2. The first kappa shape index (κ1) is 17.9. The molecule has 1 aliphatic carbocycles. The van der Waals surface area contributed by atoms with Crippen molar-refractivity contribution in [2.75, 3.05) is 0 Å². The van der Waals surface area contributed by atoms with E-state index in [1.54, 1.807) is 10.9 Å². The Morgan fingerprint density at radius 1 is 1.26 bits per heavy atom. The maximum atomic E-state index is 13.1. The number of fused-ring (bicyclic) bond motifs is 1. The predicted molar refractivity (Wildman–Crippen MR) is 109 cm³/mol. The van der Waals surface area contributed by atoms with Crippen molar-refractivity contribution in [1.82, 2.24) is 14.9 Å². The van der Waals surface area contributed by atoms with Crippen LogP contribution in [-0.4, -0.2) is 21.5 Å². The van der Waals surface area contributed by atoms with Crippen LogP contribution in [0, 0.1) is 6.92 Å². The SMILES string of the molecule is Cc1sc2ncn(CCC(=O)NC3CCCC3)c(=O)c2c1-c1ccccc1. The summed E-state index contributed by atoms with van der Waals surface area (Å²) in [7, 11) is 0. The molecule has 1 aliphatic rings. The Hall–Kier alpha value is -2.47. The summed E-state index contributed by atoms with van der Waals surface area (Å²) in [4.78, 5) is 31.6. The molecule has 0 spiro atoms. The lowest BCUT2D eigenvalue weighted by molar-refractivity contribution is -0.122. The summed E-state index contributed by atoms with van der Waals surface area (Å²) in [6.07, 6.45) is 6.36. The molecule has 6 heteroatoms. The van der Waals surface area contributed by atoms with Crippen molar-refractivity contribution in [2.24, 2.45) is 0 Å². The number of nitrogens with zero attached hydrogens (tertiary/aromatic N) is 2. The van der Waals surface area contributed by atoms with Gasteiger partial charge in [0.05, 0.1) is 11.7 Å². The normalized spacial score (nSPS) is 14.7. The first-order valence-electron chi connectivity index (χ1n) is 9.47. The van der Waals surface area contributed by atoms with Crippen LogP contribution in [0.2, 0.25) is 0 Å². The standard InChI is InChI=1S/C21H23N3O2S/c1-14-18(15-7-3-2-4-8-15)19-20(27-14)22-13-24(21(19)26)12-11-17(25)23-16-9-5-6-10-16/h2-4,7-8,13,16H,5-6,9-12H2,1H3,(H,23,25). The van der Waals surface area contributed by atoms with Gasteiger partial charge in [-0.3, -0.25) is 14.2 Å². The van der Waals surface area contributed by atoms with Gasteiger partial charge in [-0.25, -0.2) is 4.98 Å². The van der Waals surface area contributed by atoms with Crippen LogP contribution in [0.4, 0.5) is 0 Å². The molecule has 0 unspecified atom stereocenters. The molecular weight excluding hydrogens is 358 g/mol. The van der Waals surface area contributed by atoms with Crippen LogP contribution in [0.1, 0.15) is 37.0 Å². The fourth-order valence-electron chi connectivity index (χ4n) is 3.84.